The molecule has 0 unspecified atom stereocenters. The molecule has 0 saturated heterocycles. The Balaban J connectivity index is 1.85. The zero-order chi connectivity index (χ0) is 21.2. The largest absolute Gasteiger partial charge is 0.478 e. The second-order valence-electron chi connectivity index (χ2n) is 6.37. The van der Waals surface area contributed by atoms with E-state index in [4.69, 9.17) is 16.3 Å². The molecule has 1 amide bonds. The van der Waals surface area contributed by atoms with E-state index in [0.717, 1.165) is 6.26 Å². The SMILES string of the molecule is COC(=O)c1ccc(Cl)c(NC(=O)[C@@H]2CCN(S(C)(=O)=O)c3ccccc3O2)c1. The molecule has 154 valence electrons. The van der Waals surface area contributed by atoms with Gasteiger partial charge in [-0.1, -0.05) is 23.7 Å². The predicted molar refractivity (Wildman–Crippen MR) is 109 cm³/mol. The van der Waals surface area contributed by atoms with Crippen LogP contribution < -0.4 is 14.4 Å². The first-order chi connectivity index (χ1) is 13.7. The average molecular weight is 439 g/mol. The number of rotatable bonds is 4. The summed E-state index contributed by atoms with van der Waals surface area (Å²) >= 11 is 6.13. The van der Waals surface area contributed by atoms with Crippen molar-refractivity contribution >= 4 is 44.9 Å². The van der Waals surface area contributed by atoms with E-state index in [1.54, 1.807) is 24.3 Å². The van der Waals surface area contributed by atoms with Crippen molar-refractivity contribution in [1.82, 2.24) is 0 Å². The number of methoxy groups -OCH3 is 1. The summed E-state index contributed by atoms with van der Waals surface area (Å²) in [4.78, 5) is 24.5. The molecule has 29 heavy (non-hydrogen) atoms. The summed E-state index contributed by atoms with van der Waals surface area (Å²) in [5.41, 5.74) is 0.819. The van der Waals surface area contributed by atoms with Crippen LogP contribution in [0, 0.1) is 0 Å². The molecule has 1 atom stereocenters. The minimum absolute atomic E-state index is 0.0733. The Labute approximate surface area is 173 Å². The summed E-state index contributed by atoms with van der Waals surface area (Å²) in [5.74, 6) is -0.801. The van der Waals surface area contributed by atoms with Crippen molar-refractivity contribution in [3.05, 3.63) is 53.1 Å². The molecule has 8 nitrogen and oxygen atoms in total. The number of amides is 1. The summed E-state index contributed by atoms with van der Waals surface area (Å²) in [6.07, 6.45) is 0.269. The molecule has 1 aliphatic rings. The lowest BCUT2D eigenvalue weighted by Crippen LogP contribution is -2.36. The zero-order valence-corrected chi connectivity index (χ0v) is 17.3. The van der Waals surface area contributed by atoms with Gasteiger partial charge in [-0.15, -0.1) is 0 Å². The van der Waals surface area contributed by atoms with E-state index >= 15 is 0 Å². The van der Waals surface area contributed by atoms with E-state index in [9.17, 15) is 18.0 Å². The maximum atomic E-state index is 12.8. The molecule has 0 fully saturated rings. The molecular formula is C19H19ClN2O6S. The highest BCUT2D eigenvalue weighted by molar-refractivity contribution is 7.92. The van der Waals surface area contributed by atoms with Gasteiger partial charge in [0.25, 0.3) is 5.91 Å². The van der Waals surface area contributed by atoms with Crippen molar-refractivity contribution in [2.45, 2.75) is 12.5 Å². The molecule has 2 aromatic carbocycles. The van der Waals surface area contributed by atoms with Crippen molar-refractivity contribution in [3.63, 3.8) is 0 Å². The number of benzene rings is 2. The molecular weight excluding hydrogens is 420 g/mol. The number of hydrogen-bond acceptors (Lipinski definition) is 6. The maximum Gasteiger partial charge on any atom is 0.337 e. The number of anilines is 2. The Kier molecular flexibility index (Phi) is 5.99. The Morgan fingerprint density at radius 1 is 1.24 bits per heavy atom. The van der Waals surface area contributed by atoms with Gasteiger partial charge in [-0.25, -0.2) is 13.2 Å². The number of hydrogen-bond donors (Lipinski definition) is 1. The summed E-state index contributed by atoms with van der Waals surface area (Å²) in [5, 5.41) is 2.87. The number of nitrogens with one attached hydrogen (secondary N) is 1. The summed E-state index contributed by atoms with van der Waals surface area (Å²) < 4.78 is 36.0. The monoisotopic (exact) mass is 438 g/mol. The number of nitrogens with zero attached hydrogens (tertiary/aromatic N) is 1. The van der Waals surface area contributed by atoms with Crippen LogP contribution in [0.3, 0.4) is 0 Å². The first-order valence-electron chi connectivity index (χ1n) is 8.63. The van der Waals surface area contributed by atoms with Gasteiger partial charge in [-0.3, -0.25) is 9.10 Å². The minimum atomic E-state index is -3.55. The van der Waals surface area contributed by atoms with Gasteiger partial charge in [0.15, 0.2) is 6.10 Å². The van der Waals surface area contributed by atoms with Crippen molar-refractivity contribution in [3.8, 4) is 5.75 Å². The first-order valence-corrected chi connectivity index (χ1v) is 10.9. The third kappa shape index (κ3) is 4.63. The fourth-order valence-electron chi connectivity index (χ4n) is 2.94. The number of fused-ring (bicyclic) bond motifs is 1. The van der Waals surface area contributed by atoms with E-state index in [0.29, 0.717) is 5.69 Å². The lowest BCUT2D eigenvalue weighted by atomic mass is 10.2. The first kappa shape index (κ1) is 20.9. The highest BCUT2D eigenvalue weighted by atomic mass is 35.5. The molecule has 0 aromatic heterocycles. The van der Waals surface area contributed by atoms with E-state index in [-0.39, 0.29) is 35.0 Å². The number of sulfonamides is 1. The van der Waals surface area contributed by atoms with Gasteiger partial charge >= 0.3 is 5.97 Å². The Morgan fingerprint density at radius 2 is 1.97 bits per heavy atom. The molecule has 0 saturated carbocycles. The van der Waals surface area contributed by atoms with Gasteiger partial charge in [-0.05, 0) is 30.3 Å². The molecule has 1 heterocycles. The number of esters is 1. The standard InChI is InChI=1S/C19H19ClN2O6S/c1-27-19(24)12-7-8-13(20)14(11-12)21-18(23)17-9-10-22(29(2,25)26)15-5-3-4-6-16(15)28-17/h3-8,11,17H,9-10H2,1-2H3,(H,21,23)/t17-/m0/s1. The molecule has 0 radical (unpaired) electrons. The van der Waals surface area contributed by atoms with E-state index in [1.807, 2.05) is 0 Å². The Hall–Kier alpha value is -2.78. The quantitative estimate of drug-likeness (QED) is 0.736. The fraction of sp³-hybridized carbons (Fsp3) is 0.263. The van der Waals surface area contributed by atoms with Crippen LogP contribution in [0.4, 0.5) is 11.4 Å². The van der Waals surface area contributed by atoms with Gasteiger partial charge in [-0.2, -0.15) is 0 Å². The number of halogens is 1. The summed E-state index contributed by atoms with van der Waals surface area (Å²) in [6.45, 7) is 0.0733. The number of carbonyl (C=O) groups excluding carboxylic acids is 2. The van der Waals surface area contributed by atoms with Crippen LogP contribution in [0.2, 0.25) is 5.02 Å². The molecule has 3 rings (SSSR count). The van der Waals surface area contributed by atoms with Gasteiger partial charge in [0, 0.05) is 13.0 Å². The summed E-state index contributed by atoms with van der Waals surface area (Å²) in [6, 6.07) is 11.0. The van der Waals surface area contributed by atoms with Gasteiger partial charge < -0.3 is 14.8 Å². The van der Waals surface area contributed by atoms with E-state index in [1.165, 1.54) is 29.6 Å². The molecule has 10 heteroatoms. The minimum Gasteiger partial charge on any atom is -0.478 e. The molecule has 0 spiro atoms. The van der Waals surface area contributed by atoms with Gasteiger partial charge in [0.05, 0.1) is 35.3 Å². The Bertz CT molecular complexity index is 1060. The van der Waals surface area contributed by atoms with Crippen LogP contribution in [-0.4, -0.2) is 46.3 Å². The molecule has 0 aliphatic carbocycles. The average Bonchev–Trinajstić information content (AvgIpc) is 2.88. The normalized spacial score (nSPS) is 16.2. The van der Waals surface area contributed by atoms with Crippen molar-refractivity contribution in [1.29, 1.82) is 0 Å². The molecule has 2 aromatic rings. The van der Waals surface area contributed by atoms with Crippen LogP contribution in [-0.2, 0) is 19.6 Å². The van der Waals surface area contributed by atoms with Crippen molar-refractivity contribution in [2.24, 2.45) is 0 Å². The third-order valence-electron chi connectivity index (χ3n) is 4.34. The summed E-state index contributed by atoms with van der Waals surface area (Å²) in [7, 11) is -2.30. The predicted octanol–water partition coefficient (Wildman–Crippen LogP) is 2.68. The van der Waals surface area contributed by atoms with Crippen molar-refractivity contribution < 1.29 is 27.5 Å². The second-order valence-corrected chi connectivity index (χ2v) is 8.69. The second kappa shape index (κ2) is 8.30. The van der Waals surface area contributed by atoms with Gasteiger partial charge in [0.1, 0.15) is 5.75 Å². The fourth-order valence-corrected chi connectivity index (χ4v) is 4.05. The van der Waals surface area contributed by atoms with Crippen LogP contribution in [0.15, 0.2) is 42.5 Å². The maximum absolute atomic E-state index is 12.8. The van der Waals surface area contributed by atoms with Crippen LogP contribution in [0.5, 0.6) is 5.75 Å². The number of carbonyl (C=O) groups is 2. The molecule has 1 aliphatic heterocycles. The van der Waals surface area contributed by atoms with E-state index in [2.05, 4.69) is 10.1 Å². The van der Waals surface area contributed by atoms with Gasteiger partial charge in [0.2, 0.25) is 10.0 Å². The third-order valence-corrected chi connectivity index (χ3v) is 5.85. The van der Waals surface area contributed by atoms with Crippen molar-refractivity contribution in [2.75, 3.05) is 29.5 Å². The highest BCUT2D eigenvalue weighted by Gasteiger charge is 2.31. The topological polar surface area (TPSA) is 102 Å². The smallest absolute Gasteiger partial charge is 0.337 e. The lowest BCUT2D eigenvalue weighted by Gasteiger charge is -2.20. The van der Waals surface area contributed by atoms with Crippen LogP contribution >= 0.6 is 11.6 Å². The van der Waals surface area contributed by atoms with Crippen LogP contribution in [0.25, 0.3) is 0 Å². The zero-order valence-electron chi connectivity index (χ0n) is 15.7. The van der Waals surface area contributed by atoms with Crippen LogP contribution in [0.1, 0.15) is 16.8 Å². The number of para-hydroxylation sites is 2. The molecule has 0 bridgehead atoms. The highest BCUT2D eigenvalue weighted by Crippen LogP contribution is 2.34. The number of ether oxygens (including phenoxy) is 2. The Morgan fingerprint density at radius 3 is 2.66 bits per heavy atom. The lowest BCUT2D eigenvalue weighted by molar-refractivity contribution is -0.122. The van der Waals surface area contributed by atoms with E-state index < -0.39 is 28.0 Å². The molecule has 1 N–H and O–H groups in total.